The maximum Gasteiger partial charge on any atom is 0.454 e. The van der Waals surface area contributed by atoms with Gasteiger partial charge in [0.05, 0.1) is 11.8 Å². The molecule has 1 rings (SSSR count). The van der Waals surface area contributed by atoms with Crippen LogP contribution in [-0.4, -0.2) is 27.9 Å². The van der Waals surface area contributed by atoms with Gasteiger partial charge in [0.1, 0.15) is 0 Å². The van der Waals surface area contributed by atoms with Crippen LogP contribution in [0.15, 0.2) is 12.4 Å². The Morgan fingerprint density at radius 3 is 2.32 bits per heavy atom. The SMILES string of the molecule is O=C(c1cnn(CCCCC(F)(F)F)c1)C(F)(F)F. The Morgan fingerprint density at radius 2 is 1.79 bits per heavy atom. The number of aromatic nitrogens is 2. The number of alkyl halides is 6. The third-order valence-corrected chi connectivity index (χ3v) is 2.25. The Kier molecular flexibility index (Phi) is 4.59. The van der Waals surface area contributed by atoms with E-state index in [1.807, 2.05) is 0 Å². The largest absolute Gasteiger partial charge is 0.454 e. The van der Waals surface area contributed by atoms with Gasteiger partial charge in [0.25, 0.3) is 5.78 Å². The molecule has 9 heteroatoms. The van der Waals surface area contributed by atoms with Crippen molar-refractivity contribution in [3.63, 3.8) is 0 Å². The molecule has 0 aromatic carbocycles. The summed E-state index contributed by atoms with van der Waals surface area (Å²) in [6.45, 7) is 0.0290. The van der Waals surface area contributed by atoms with E-state index in [0.29, 0.717) is 0 Å². The first-order valence-electron chi connectivity index (χ1n) is 5.30. The first kappa shape index (κ1) is 15.5. The lowest BCUT2D eigenvalue weighted by molar-refractivity contribution is -0.135. The number of unbranched alkanes of at least 4 members (excludes halogenated alkanes) is 1. The second-order valence-corrected chi connectivity index (χ2v) is 3.89. The van der Waals surface area contributed by atoms with Gasteiger partial charge in [-0.15, -0.1) is 0 Å². The molecule has 1 aromatic heterocycles. The number of carbonyl (C=O) groups excluding carboxylic acids is 1. The highest BCUT2D eigenvalue weighted by molar-refractivity contribution is 5.99. The maximum atomic E-state index is 12.1. The molecule has 1 heterocycles. The number of nitrogens with zero attached hydrogens (tertiary/aromatic N) is 2. The lowest BCUT2D eigenvalue weighted by Gasteiger charge is -2.05. The van der Waals surface area contributed by atoms with Gasteiger partial charge in [0, 0.05) is 19.2 Å². The van der Waals surface area contributed by atoms with Gasteiger partial charge in [-0.3, -0.25) is 9.48 Å². The second kappa shape index (κ2) is 5.62. The molecule has 0 aliphatic carbocycles. The van der Waals surface area contributed by atoms with E-state index in [0.717, 1.165) is 17.1 Å². The second-order valence-electron chi connectivity index (χ2n) is 3.89. The third kappa shape index (κ3) is 5.31. The van der Waals surface area contributed by atoms with Gasteiger partial charge in [0.2, 0.25) is 0 Å². The summed E-state index contributed by atoms with van der Waals surface area (Å²) >= 11 is 0. The summed E-state index contributed by atoms with van der Waals surface area (Å²) in [4.78, 5) is 10.8. The van der Waals surface area contributed by atoms with E-state index in [-0.39, 0.29) is 19.4 Å². The van der Waals surface area contributed by atoms with Crippen LogP contribution in [0.2, 0.25) is 0 Å². The molecule has 0 atom stereocenters. The Morgan fingerprint density at radius 1 is 1.16 bits per heavy atom. The number of halogens is 6. The van der Waals surface area contributed by atoms with Crippen LogP contribution in [0.25, 0.3) is 0 Å². The van der Waals surface area contributed by atoms with Crippen LogP contribution < -0.4 is 0 Å². The minimum absolute atomic E-state index is 0.0290. The standard InChI is InChI=1S/C10H10F6N2O/c11-9(12,13)3-1-2-4-18-6-7(5-17-18)8(19)10(14,15)16/h5-6H,1-4H2. The van der Waals surface area contributed by atoms with Gasteiger partial charge >= 0.3 is 12.4 Å². The Balaban J connectivity index is 2.46. The fraction of sp³-hybridized carbons (Fsp3) is 0.600. The van der Waals surface area contributed by atoms with Crippen LogP contribution in [0.1, 0.15) is 29.6 Å². The molecular formula is C10H10F6N2O. The highest BCUT2D eigenvalue weighted by Crippen LogP contribution is 2.23. The van der Waals surface area contributed by atoms with Crippen molar-refractivity contribution in [2.75, 3.05) is 0 Å². The zero-order valence-corrected chi connectivity index (χ0v) is 9.55. The van der Waals surface area contributed by atoms with Gasteiger partial charge in [0.15, 0.2) is 0 Å². The van der Waals surface area contributed by atoms with E-state index in [4.69, 9.17) is 0 Å². The molecule has 0 radical (unpaired) electrons. The van der Waals surface area contributed by atoms with Crippen LogP contribution in [-0.2, 0) is 6.54 Å². The number of aryl methyl sites for hydroxylation is 1. The zero-order valence-electron chi connectivity index (χ0n) is 9.55. The highest BCUT2D eigenvalue weighted by Gasteiger charge is 2.39. The summed E-state index contributed by atoms with van der Waals surface area (Å²) in [5.74, 6) is -2.02. The topological polar surface area (TPSA) is 34.9 Å². The number of ketones is 1. The van der Waals surface area contributed by atoms with Gasteiger partial charge in [-0.2, -0.15) is 31.4 Å². The first-order valence-corrected chi connectivity index (χ1v) is 5.30. The minimum Gasteiger partial charge on any atom is -0.284 e. The summed E-state index contributed by atoms with van der Waals surface area (Å²) in [5, 5.41) is 3.50. The van der Waals surface area contributed by atoms with Crippen LogP contribution in [0, 0.1) is 0 Å². The van der Waals surface area contributed by atoms with Gasteiger partial charge in [-0.05, 0) is 12.8 Å². The van der Waals surface area contributed by atoms with Gasteiger partial charge < -0.3 is 0 Å². The molecule has 0 spiro atoms. The molecule has 0 aliphatic rings. The molecule has 19 heavy (non-hydrogen) atoms. The summed E-state index contributed by atoms with van der Waals surface area (Å²) in [5.41, 5.74) is -0.622. The van der Waals surface area contributed by atoms with E-state index in [2.05, 4.69) is 5.10 Å². The molecule has 3 nitrogen and oxygen atoms in total. The fourth-order valence-electron chi connectivity index (χ4n) is 1.37. The Bertz CT molecular complexity index is 434. The van der Waals surface area contributed by atoms with Gasteiger partial charge in [-0.1, -0.05) is 0 Å². The highest BCUT2D eigenvalue weighted by atomic mass is 19.4. The molecule has 0 aliphatic heterocycles. The summed E-state index contributed by atoms with van der Waals surface area (Å²) in [6, 6.07) is 0. The van der Waals surface area contributed by atoms with Crippen molar-refractivity contribution in [3.8, 4) is 0 Å². The molecule has 0 fully saturated rings. The fourth-order valence-corrected chi connectivity index (χ4v) is 1.37. The van der Waals surface area contributed by atoms with Crippen molar-refractivity contribution >= 4 is 5.78 Å². The van der Waals surface area contributed by atoms with Gasteiger partial charge in [-0.25, -0.2) is 0 Å². The Labute approximate surface area is 104 Å². The van der Waals surface area contributed by atoms with Crippen LogP contribution >= 0.6 is 0 Å². The molecular weight excluding hydrogens is 278 g/mol. The van der Waals surface area contributed by atoms with E-state index >= 15 is 0 Å². The average molecular weight is 288 g/mol. The monoisotopic (exact) mass is 288 g/mol. The molecule has 0 bridgehead atoms. The average Bonchev–Trinajstić information content (AvgIpc) is 2.69. The smallest absolute Gasteiger partial charge is 0.284 e. The van der Waals surface area contributed by atoms with E-state index in [1.54, 1.807) is 0 Å². The van der Waals surface area contributed by atoms with Crippen molar-refractivity contribution in [1.82, 2.24) is 9.78 Å². The number of rotatable bonds is 5. The molecule has 0 saturated heterocycles. The quantitative estimate of drug-likeness (QED) is 0.473. The third-order valence-electron chi connectivity index (χ3n) is 2.25. The van der Waals surface area contributed by atoms with Crippen LogP contribution in [0.4, 0.5) is 26.3 Å². The lowest BCUT2D eigenvalue weighted by atomic mass is 10.2. The van der Waals surface area contributed by atoms with Crippen molar-refractivity contribution in [2.24, 2.45) is 0 Å². The number of hydrogen-bond acceptors (Lipinski definition) is 2. The summed E-state index contributed by atoms with van der Waals surface area (Å²) < 4.78 is 72.7. The molecule has 0 N–H and O–H groups in total. The van der Waals surface area contributed by atoms with E-state index < -0.39 is 30.1 Å². The molecule has 0 saturated carbocycles. The first-order chi connectivity index (χ1) is 8.59. The van der Waals surface area contributed by atoms with Crippen molar-refractivity contribution in [2.45, 2.75) is 38.2 Å². The summed E-state index contributed by atoms with van der Waals surface area (Å²) in [6.07, 6.45) is -8.59. The van der Waals surface area contributed by atoms with Crippen molar-refractivity contribution < 1.29 is 31.1 Å². The zero-order chi connectivity index (χ0) is 14.7. The minimum atomic E-state index is -4.98. The maximum absolute atomic E-state index is 12.1. The van der Waals surface area contributed by atoms with Crippen LogP contribution in [0.3, 0.4) is 0 Å². The van der Waals surface area contributed by atoms with Crippen molar-refractivity contribution in [1.29, 1.82) is 0 Å². The molecule has 0 unspecified atom stereocenters. The lowest BCUT2D eigenvalue weighted by Crippen LogP contribution is -2.22. The normalized spacial score (nSPS) is 12.7. The predicted molar refractivity (Wildman–Crippen MR) is 52.5 cm³/mol. The number of Topliss-reactive ketones (excluding diaryl/α,β-unsaturated/α-hetero) is 1. The van der Waals surface area contributed by atoms with E-state index in [9.17, 15) is 31.1 Å². The molecule has 108 valence electrons. The molecule has 0 amide bonds. The van der Waals surface area contributed by atoms with Crippen molar-refractivity contribution in [3.05, 3.63) is 18.0 Å². The Hall–Kier alpha value is -1.54. The number of carbonyl (C=O) groups is 1. The molecule has 1 aromatic rings. The van der Waals surface area contributed by atoms with E-state index in [1.165, 1.54) is 0 Å². The predicted octanol–water partition coefficient (Wildman–Crippen LogP) is 3.36. The summed E-state index contributed by atoms with van der Waals surface area (Å²) in [7, 11) is 0. The van der Waals surface area contributed by atoms with Crippen LogP contribution in [0.5, 0.6) is 0 Å². The number of hydrogen-bond donors (Lipinski definition) is 0.